The molecule has 7 heteroatoms. The predicted octanol–water partition coefficient (Wildman–Crippen LogP) is 1.90. The number of benzene rings is 1. The van der Waals surface area contributed by atoms with E-state index in [1.165, 1.54) is 0 Å². The van der Waals surface area contributed by atoms with Crippen LogP contribution in [-0.2, 0) is 6.42 Å². The van der Waals surface area contributed by atoms with Crippen LogP contribution in [0.1, 0.15) is 26.3 Å². The molecule has 0 bridgehead atoms. The Kier molecular flexibility index (Phi) is 4.32. The van der Waals surface area contributed by atoms with E-state index in [4.69, 9.17) is 0 Å². The van der Waals surface area contributed by atoms with Gasteiger partial charge >= 0.3 is 0 Å². The van der Waals surface area contributed by atoms with Gasteiger partial charge in [-0.15, -0.1) is 0 Å². The third kappa shape index (κ3) is 3.17. The summed E-state index contributed by atoms with van der Waals surface area (Å²) in [6.07, 6.45) is 4.40. The molecule has 0 aliphatic carbocycles. The molecular formula is C22H23N5O2. The van der Waals surface area contributed by atoms with Gasteiger partial charge in [0.1, 0.15) is 5.65 Å². The van der Waals surface area contributed by atoms with Gasteiger partial charge in [-0.2, -0.15) is 0 Å². The smallest absolute Gasteiger partial charge is 0.255 e. The van der Waals surface area contributed by atoms with E-state index in [1.54, 1.807) is 6.20 Å². The van der Waals surface area contributed by atoms with Crippen LogP contribution >= 0.6 is 0 Å². The molecule has 0 saturated carbocycles. The Bertz CT molecular complexity index is 1110. The largest absolute Gasteiger partial charge is 0.352 e. The van der Waals surface area contributed by atoms with E-state index < -0.39 is 0 Å². The number of hydrogen-bond donors (Lipinski definition) is 2. The molecule has 2 aromatic heterocycles. The Morgan fingerprint density at radius 2 is 1.93 bits per heavy atom. The molecule has 2 aliphatic heterocycles. The predicted molar refractivity (Wildman–Crippen MR) is 111 cm³/mol. The van der Waals surface area contributed by atoms with Crippen molar-refractivity contribution < 1.29 is 9.59 Å². The van der Waals surface area contributed by atoms with Crippen LogP contribution in [-0.4, -0.2) is 71.4 Å². The zero-order valence-corrected chi connectivity index (χ0v) is 16.4. The lowest BCUT2D eigenvalue weighted by molar-refractivity contribution is 0.0663. The molecule has 1 fully saturated rings. The van der Waals surface area contributed by atoms with Crippen LogP contribution in [0, 0.1) is 0 Å². The number of aromatic nitrogens is 2. The molecule has 0 unspecified atom stereocenters. The molecule has 3 aromatic rings. The molecule has 2 N–H and O–H groups in total. The number of aromatic amines is 1. The third-order valence-corrected chi connectivity index (χ3v) is 5.91. The lowest BCUT2D eigenvalue weighted by Gasteiger charge is -2.32. The average molecular weight is 389 g/mol. The summed E-state index contributed by atoms with van der Waals surface area (Å²) < 4.78 is 0. The first-order valence-corrected chi connectivity index (χ1v) is 9.96. The Morgan fingerprint density at radius 3 is 2.76 bits per heavy atom. The van der Waals surface area contributed by atoms with Crippen LogP contribution in [0.3, 0.4) is 0 Å². The summed E-state index contributed by atoms with van der Waals surface area (Å²) in [6, 6.07) is 7.85. The summed E-state index contributed by atoms with van der Waals surface area (Å²) in [5.41, 5.74) is 5.18. The van der Waals surface area contributed by atoms with Gasteiger partial charge in [-0.1, -0.05) is 12.1 Å². The molecule has 29 heavy (non-hydrogen) atoms. The first-order valence-electron chi connectivity index (χ1n) is 9.96. The van der Waals surface area contributed by atoms with E-state index in [-0.39, 0.29) is 11.8 Å². The second-order valence-electron chi connectivity index (χ2n) is 7.80. The third-order valence-electron chi connectivity index (χ3n) is 5.91. The number of piperazine rings is 1. The van der Waals surface area contributed by atoms with Crippen LogP contribution in [0.2, 0.25) is 0 Å². The molecule has 4 heterocycles. The maximum atomic E-state index is 13.0. The monoisotopic (exact) mass is 389 g/mol. The lowest BCUT2D eigenvalue weighted by atomic mass is 9.95. The minimum Gasteiger partial charge on any atom is -0.352 e. The van der Waals surface area contributed by atoms with Crippen molar-refractivity contribution in [2.24, 2.45) is 0 Å². The highest BCUT2D eigenvalue weighted by Gasteiger charge is 2.22. The first kappa shape index (κ1) is 17.9. The van der Waals surface area contributed by atoms with Crippen molar-refractivity contribution in [2.75, 3.05) is 39.8 Å². The minimum absolute atomic E-state index is 0.0153. The Labute approximate surface area is 168 Å². The number of H-pyrrole nitrogens is 1. The van der Waals surface area contributed by atoms with Crippen LogP contribution < -0.4 is 5.32 Å². The van der Waals surface area contributed by atoms with E-state index in [0.717, 1.165) is 65.9 Å². The van der Waals surface area contributed by atoms with Crippen molar-refractivity contribution in [3.05, 3.63) is 53.3 Å². The fourth-order valence-electron chi connectivity index (χ4n) is 4.15. The Morgan fingerprint density at radius 1 is 1.10 bits per heavy atom. The quantitative estimate of drug-likeness (QED) is 0.702. The highest BCUT2D eigenvalue weighted by atomic mass is 16.2. The number of pyridine rings is 1. The number of fused-ring (bicyclic) bond motifs is 2. The second-order valence-corrected chi connectivity index (χ2v) is 7.80. The SMILES string of the molecule is CN1CCN(C(=O)c2cnc3[nH]cc(-c4ccc5c(c4)CCNC5=O)c3c2)CC1. The zero-order valence-electron chi connectivity index (χ0n) is 16.4. The molecule has 148 valence electrons. The van der Waals surface area contributed by atoms with Crippen LogP contribution in [0.25, 0.3) is 22.2 Å². The van der Waals surface area contributed by atoms with Gasteiger partial charge in [0.2, 0.25) is 0 Å². The molecule has 7 nitrogen and oxygen atoms in total. The van der Waals surface area contributed by atoms with E-state index in [9.17, 15) is 9.59 Å². The van der Waals surface area contributed by atoms with E-state index in [0.29, 0.717) is 12.1 Å². The highest BCUT2D eigenvalue weighted by molar-refractivity contribution is 6.02. The van der Waals surface area contributed by atoms with Crippen molar-refractivity contribution in [1.82, 2.24) is 25.1 Å². The van der Waals surface area contributed by atoms with Crippen LogP contribution in [0.15, 0.2) is 36.7 Å². The van der Waals surface area contributed by atoms with Crippen molar-refractivity contribution in [1.29, 1.82) is 0 Å². The maximum Gasteiger partial charge on any atom is 0.255 e. The summed E-state index contributed by atoms with van der Waals surface area (Å²) in [6.45, 7) is 3.91. The van der Waals surface area contributed by atoms with Crippen LogP contribution in [0.5, 0.6) is 0 Å². The number of likely N-dealkylation sites (N-methyl/N-ethyl adjacent to an activating group) is 1. The standard InChI is InChI=1S/C22H23N5O2/c1-26-6-8-27(9-7-26)22(29)16-11-18-19(13-25-20(18)24-12-16)14-2-3-17-15(10-14)4-5-23-21(17)28/h2-3,10-13H,4-9H2,1H3,(H,23,28)(H,24,25). The average Bonchev–Trinajstić information content (AvgIpc) is 3.17. The molecule has 1 saturated heterocycles. The molecule has 1 aromatic carbocycles. The number of nitrogens with zero attached hydrogens (tertiary/aromatic N) is 3. The summed E-state index contributed by atoms with van der Waals surface area (Å²) in [7, 11) is 2.07. The second kappa shape index (κ2) is 7.00. The van der Waals surface area contributed by atoms with Crippen molar-refractivity contribution in [3.8, 4) is 11.1 Å². The number of carbonyl (C=O) groups excluding carboxylic acids is 2. The molecule has 0 radical (unpaired) electrons. The van der Waals surface area contributed by atoms with Gasteiger partial charge in [-0.05, 0) is 36.7 Å². The number of hydrogen-bond acceptors (Lipinski definition) is 4. The number of nitrogens with one attached hydrogen (secondary N) is 2. The lowest BCUT2D eigenvalue weighted by Crippen LogP contribution is -2.47. The minimum atomic E-state index is -0.0153. The van der Waals surface area contributed by atoms with Gasteiger partial charge < -0.3 is 20.1 Å². The van der Waals surface area contributed by atoms with Gasteiger partial charge in [0, 0.05) is 61.6 Å². The van der Waals surface area contributed by atoms with Gasteiger partial charge in [-0.25, -0.2) is 4.98 Å². The van der Waals surface area contributed by atoms with E-state index >= 15 is 0 Å². The fraction of sp³-hybridized carbons (Fsp3) is 0.318. The van der Waals surface area contributed by atoms with Gasteiger partial charge in [-0.3, -0.25) is 9.59 Å². The summed E-state index contributed by atoms with van der Waals surface area (Å²) in [5, 5.41) is 3.80. The molecular weight excluding hydrogens is 366 g/mol. The van der Waals surface area contributed by atoms with Crippen molar-refractivity contribution in [3.63, 3.8) is 0 Å². The van der Waals surface area contributed by atoms with E-state index in [1.807, 2.05) is 29.3 Å². The number of rotatable bonds is 2. The highest BCUT2D eigenvalue weighted by Crippen LogP contribution is 2.31. The normalized spacial score (nSPS) is 17.3. The first-order chi connectivity index (χ1) is 14.1. The number of amides is 2. The molecule has 2 amide bonds. The Hall–Kier alpha value is -3.19. The van der Waals surface area contributed by atoms with Crippen molar-refractivity contribution >= 4 is 22.8 Å². The molecule has 0 spiro atoms. The van der Waals surface area contributed by atoms with Gasteiger partial charge in [0.25, 0.3) is 11.8 Å². The van der Waals surface area contributed by atoms with E-state index in [2.05, 4.69) is 33.3 Å². The summed E-state index contributed by atoms with van der Waals surface area (Å²) in [4.78, 5) is 36.8. The van der Waals surface area contributed by atoms with Crippen LogP contribution in [0.4, 0.5) is 0 Å². The summed E-state index contributed by atoms with van der Waals surface area (Å²) in [5.74, 6) is 0.0141. The molecule has 5 rings (SSSR count). The zero-order chi connectivity index (χ0) is 20.0. The Balaban J connectivity index is 1.50. The van der Waals surface area contributed by atoms with Crippen molar-refractivity contribution in [2.45, 2.75) is 6.42 Å². The summed E-state index contributed by atoms with van der Waals surface area (Å²) >= 11 is 0. The number of carbonyl (C=O) groups is 2. The molecule has 0 atom stereocenters. The van der Waals surface area contributed by atoms with Gasteiger partial charge in [0.05, 0.1) is 5.56 Å². The molecule has 2 aliphatic rings. The van der Waals surface area contributed by atoms with Gasteiger partial charge in [0.15, 0.2) is 0 Å². The maximum absolute atomic E-state index is 13.0. The fourth-order valence-corrected chi connectivity index (χ4v) is 4.15. The topological polar surface area (TPSA) is 81.3 Å².